The molecule has 0 amide bonds. The number of benzene rings is 1. The van der Waals surface area contributed by atoms with Gasteiger partial charge in [0.25, 0.3) is 0 Å². The molecule has 1 aromatic carbocycles. The van der Waals surface area contributed by atoms with Gasteiger partial charge in [-0.3, -0.25) is 0 Å². The number of hydrogen-bond acceptors (Lipinski definition) is 3. The molecule has 1 aromatic rings. The van der Waals surface area contributed by atoms with Crippen LogP contribution in [0.3, 0.4) is 0 Å². The normalized spacial score (nSPS) is 22.6. The van der Waals surface area contributed by atoms with E-state index in [0.29, 0.717) is 18.8 Å². The van der Waals surface area contributed by atoms with Crippen LogP contribution < -0.4 is 0 Å². The Balaban J connectivity index is 1.88. The van der Waals surface area contributed by atoms with E-state index < -0.39 is 0 Å². The van der Waals surface area contributed by atoms with Gasteiger partial charge in [0.15, 0.2) is 0 Å². The van der Waals surface area contributed by atoms with Crippen LogP contribution in [0.4, 0.5) is 0 Å². The maximum absolute atomic E-state index is 11.3. The zero-order chi connectivity index (χ0) is 12.3. The summed E-state index contributed by atoms with van der Waals surface area (Å²) in [6, 6.07) is 9.98. The summed E-state index contributed by atoms with van der Waals surface area (Å²) < 4.78 is 10.6. The van der Waals surface area contributed by atoms with E-state index in [0.717, 1.165) is 5.56 Å². The third kappa shape index (κ3) is 2.74. The quantitative estimate of drug-likeness (QED) is 0.591. The highest BCUT2D eigenvalue weighted by molar-refractivity contribution is 5.86. The van der Waals surface area contributed by atoms with Crippen LogP contribution >= 0.6 is 0 Å². The van der Waals surface area contributed by atoms with Crippen molar-refractivity contribution in [2.75, 3.05) is 13.2 Å². The highest BCUT2D eigenvalue weighted by atomic mass is 16.5. The Morgan fingerprint density at radius 2 is 2.18 bits per heavy atom. The maximum atomic E-state index is 11.3. The summed E-state index contributed by atoms with van der Waals surface area (Å²) in [6.45, 7) is 6.23. The molecule has 2 rings (SSSR count). The van der Waals surface area contributed by atoms with Crippen LogP contribution in [0.1, 0.15) is 18.6 Å². The monoisotopic (exact) mass is 232 g/mol. The number of hydrogen-bond donors (Lipinski definition) is 0. The van der Waals surface area contributed by atoms with Crippen molar-refractivity contribution in [3.05, 3.63) is 48.0 Å². The van der Waals surface area contributed by atoms with Gasteiger partial charge >= 0.3 is 5.97 Å². The molecule has 2 atom stereocenters. The van der Waals surface area contributed by atoms with E-state index in [1.165, 1.54) is 0 Å². The van der Waals surface area contributed by atoms with Gasteiger partial charge in [-0.15, -0.1) is 0 Å². The second-order valence-electron chi connectivity index (χ2n) is 4.30. The van der Waals surface area contributed by atoms with Crippen LogP contribution in [0, 0.1) is 5.92 Å². The standard InChI is InChI=1S/C14H16O3/c1-10(2)14(15)17-9-12-8-16-13(12)11-6-4-3-5-7-11/h3-7,12-13H,1,8-9H2,2H3. The molecule has 0 aliphatic carbocycles. The van der Waals surface area contributed by atoms with E-state index in [1.54, 1.807) is 6.92 Å². The van der Waals surface area contributed by atoms with Gasteiger partial charge in [0, 0.05) is 11.5 Å². The minimum Gasteiger partial charge on any atom is -0.462 e. The summed E-state index contributed by atoms with van der Waals surface area (Å²) in [7, 11) is 0. The van der Waals surface area contributed by atoms with Crippen LogP contribution in [0.25, 0.3) is 0 Å². The molecule has 3 nitrogen and oxygen atoms in total. The first-order valence-corrected chi connectivity index (χ1v) is 5.67. The molecule has 0 saturated carbocycles. The lowest BCUT2D eigenvalue weighted by Crippen LogP contribution is -2.36. The molecule has 0 bridgehead atoms. The van der Waals surface area contributed by atoms with E-state index in [4.69, 9.17) is 9.47 Å². The summed E-state index contributed by atoms with van der Waals surface area (Å²) in [6.07, 6.45) is 0.0501. The van der Waals surface area contributed by atoms with Gasteiger partial charge in [0.05, 0.1) is 19.3 Å². The predicted octanol–water partition coefficient (Wildman–Crippen LogP) is 2.49. The Morgan fingerprint density at radius 3 is 2.71 bits per heavy atom. The SMILES string of the molecule is C=C(C)C(=O)OCC1COC1c1ccccc1. The zero-order valence-electron chi connectivity index (χ0n) is 9.89. The summed E-state index contributed by atoms with van der Waals surface area (Å²) >= 11 is 0. The number of esters is 1. The smallest absolute Gasteiger partial charge is 0.333 e. The van der Waals surface area contributed by atoms with E-state index >= 15 is 0 Å². The number of ether oxygens (including phenoxy) is 2. The molecule has 1 aliphatic heterocycles. The van der Waals surface area contributed by atoms with Crippen molar-refractivity contribution in [1.82, 2.24) is 0 Å². The maximum Gasteiger partial charge on any atom is 0.333 e. The fraction of sp³-hybridized carbons (Fsp3) is 0.357. The van der Waals surface area contributed by atoms with Crippen molar-refractivity contribution in [2.45, 2.75) is 13.0 Å². The van der Waals surface area contributed by atoms with Gasteiger partial charge in [-0.1, -0.05) is 36.9 Å². The van der Waals surface area contributed by atoms with E-state index in [-0.39, 0.29) is 18.0 Å². The van der Waals surface area contributed by atoms with E-state index in [2.05, 4.69) is 6.58 Å². The third-order valence-corrected chi connectivity index (χ3v) is 2.82. The van der Waals surface area contributed by atoms with Crippen LogP contribution in [0.2, 0.25) is 0 Å². The Bertz CT molecular complexity index is 411. The predicted molar refractivity (Wildman–Crippen MR) is 64.4 cm³/mol. The number of carbonyl (C=O) groups is 1. The fourth-order valence-corrected chi connectivity index (χ4v) is 1.78. The van der Waals surface area contributed by atoms with Gasteiger partial charge in [-0.2, -0.15) is 0 Å². The van der Waals surface area contributed by atoms with Gasteiger partial charge in [0.2, 0.25) is 0 Å². The Morgan fingerprint density at radius 1 is 1.47 bits per heavy atom. The Kier molecular flexibility index (Phi) is 3.59. The molecule has 0 N–H and O–H groups in total. The second kappa shape index (κ2) is 5.15. The van der Waals surface area contributed by atoms with Crippen molar-refractivity contribution in [3.63, 3.8) is 0 Å². The summed E-state index contributed by atoms with van der Waals surface area (Å²) in [4.78, 5) is 11.3. The van der Waals surface area contributed by atoms with E-state index in [1.807, 2.05) is 30.3 Å². The zero-order valence-corrected chi connectivity index (χ0v) is 9.89. The Labute approximate surface area is 101 Å². The Hall–Kier alpha value is -1.61. The first kappa shape index (κ1) is 11.9. The molecule has 90 valence electrons. The molecular weight excluding hydrogens is 216 g/mol. The lowest BCUT2D eigenvalue weighted by Gasteiger charge is -2.36. The lowest BCUT2D eigenvalue weighted by molar-refractivity contribution is -0.161. The highest BCUT2D eigenvalue weighted by Gasteiger charge is 2.34. The number of carbonyl (C=O) groups excluding carboxylic acids is 1. The van der Waals surface area contributed by atoms with Crippen molar-refractivity contribution in [3.8, 4) is 0 Å². The van der Waals surface area contributed by atoms with Gasteiger partial charge in [0.1, 0.15) is 0 Å². The van der Waals surface area contributed by atoms with Crippen LogP contribution in [-0.4, -0.2) is 19.2 Å². The first-order chi connectivity index (χ1) is 8.18. The minimum absolute atomic E-state index is 0.0501. The average Bonchev–Trinajstić information content (AvgIpc) is 2.28. The van der Waals surface area contributed by atoms with Crippen LogP contribution in [0.15, 0.2) is 42.5 Å². The molecule has 1 heterocycles. The van der Waals surface area contributed by atoms with Crippen molar-refractivity contribution >= 4 is 5.97 Å². The molecule has 0 aromatic heterocycles. The molecule has 2 unspecified atom stereocenters. The molecule has 0 radical (unpaired) electrons. The molecule has 0 spiro atoms. The van der Waals surface area contributed by atoms with Gasteiger partial charge in [-0.25, -0.2) is 4.79 Å². The minimum atomic E-state index is -0.330. The topological polar surface area (TPSA) is 35.5 Å². The van der Waals surface area contributed by atoms with Crippen molar-refractivity contribution in [1.29, 1.82) is 0 Å². The fourth-order valence-electron chi connectivity index (χ4n) is 1.78. The van der Waals surface area contributed by atoms with Crippen LogP contribution in [-0.2, 0) is 14.3 Å². The molecule has 1 aliphatic rings. The van der Waals surface area contributed by atoms with Crippen LogP contribution in [0.5, 0.6) is 0 Å². The van der Waals surface area contributed by atoms with E-state index in [9.17, 15) is 4.79 Å². The van der Waals surface area contributed by atoms with Crippen molar-refractivity contribution in [2.24, 2.45) is 5.92 Å². The second-order valence-corrected chi connectivity index (χ2v) is 4.30. The largest absolute Gasteiger partial charge is 0.462 e. The summed E-state index contributed by atoms with van der Waals surface area (Å²) in [5, 5.41) is 0. The molecular formula is C14H16O3. The third-order valence-electron chi connectivity index (χ3n) is 2.82. The molecule has 3 heteroatoms. The van der Waals surface area contributed by atoms with Gasteiger partial charge < -0.3 is 9.47 Å². The van der Waals surface area contributed by atoms with Gasteiger partial charge in [-0.05, 0) is 12.5 Å². The van der Waals surface area contributed by atoms with Crippen molar-refractivity contribution < 1.29 is 14.3 Å². The molecule has 1 saturated heterocycles. The number of rotatable bonds is 4. The summed E-state index contributed by atoms with van der Waals surface area (Å²) in [5.74, 6) is -0.0792. The first-order valence-electron chi connectivity index (χ1n) is 5.67. The highest BCUT2D eigenvalue weighted by Crippen LogP contribution is 2.35. The average molecular weight is 232 g/mol. The lowest BCUT2D eigenvalue weighted by atomic mass is 9.92. The summed E-state index contributed by atoms with van der Waals surface area (Å²) in [5.41, 5.74) is 1.57. The molecule has 17 heavy (non-hydrogen) atoms. The molecule has 1 fully saturated rings.